The van der Waals surface area contributed by atoms with Crippen molar-refractivity contribution in [1.29, 1.82) is 0 Å². The van der Waals surface area contributed by atoms with Gasteiger partial charge in [0.1, 0.15) is 5.82 Å². The van der Waals surface area contributed by atoms with Gasteiger partial charge in [-0.25, -0.2) is 9.18 Å². The molecule has 0 bridgehead atoms. The summed E-state index contributed by atoms with van der Waals surface area (Å²) in [5, 5.41) is 2.76. The second kappa shape index (κ2) is 6.29. The van der Waals surface area contributed by atoms with Crippen molar-refractivity contribution in [1.82, 2.24) is 14.5 Å². The molecular weight excluding hydrogens is 365 g/mol. The van der Waals surface area contributed by atoms with E-state index in [1.54, 1.807) is 6.07 Å². The molecule has 1 atom stereocenters. The Labute approximate surface area is 167 Å². The second-order valence-corrected chi connectivity index (χ2v) is 8.31. The van der Waals surface area contributed by atoms with E-state index < -0.39 is 0 Å². The standard InChI is InChI=1S/C24H22FN3O/c25-17-7-8-21-20(14-17)26-24(29)28(21)18-9-11-27(12-10-18)22-13-16-5-1-3-15-4-2-6-19(22)23(15)16/h1-8,14,18,22H,9-13H2,(H,26,29). The van der Waals surface area contributed by atoms with Gasteiger partial charge < -0.3 is 4.98 Å². The van der Waals surface area contributed by atoms with Crippen LogP contribution in [0.2, 0.25) is 0 Å². The van der Waals surface area contributed by atoms with Crippen LogP contribution < -0.4 is 5.69 Å². The molecule has 1 saturated heterocycles. The first-order valence-corrected chi connectivity index (χ1v) is 10.3. The molecule has 1 aliphatic heterocycles. The van der Waals surface area contributed by atoms with Gasteiger partial charge in [-0.05, 0) is 59.4 Å². The highest BCUT2D eigenvalue weighted by Gasteiger charge is 2.32. The largest absolute Gasteiger partial charge is 0.326 e. The fourth-order valence-corrected chi connectivity index (χ4v) is 5.46. The lowest BCUT2D eigenvalue weighted by atomic mass is 9.99. The molecule has 3 aromatic carbocycles. The van der Waals surface area contributed by atoms with Crippen LogP contribution >= 0.6 is 0 Å². The molecule has 5 heteroatoms. The van der Waals surface area contributed by atoms with Crippen molar-refractivity contribution in [2.24, 2.45) is 0 Å². The zero-order valence-corrected chi connectivity index (χ0v) is 16.1. The van der Waals surface area contributed by atoms with Crippen molar-refractivity contribution in [2.75, 3.05) is 13.1 Å². The van der Waals surface area contributed by atoms with Gasteiger partial charge in [-0.1, -0.05) is 36.4 Å². The molecule has 1 N–H and O–H groups in total. The minimum Gasteiger partial charge on any atom is -0.305 e. The SMILES string of the molecule is O=c1[nH]c2cc(F)ccc2n1C1CCN(C2Cc3cccc4cccc2c34)CC1. The lowest BCUT2D eigenvalue weighted by molar-refractivity contribution is 0.137. The molecule has 0 amide bonds. The van der Waals surface area contributed by atoms with Gasteiger partial charge >= 0.3 is 5.69 Å². The van der Waals surface area contributed by atoms with Crippen molar-refractivity contribution in [3.63, 3.8) is 0 Å². The summed E-state index contributed by atoms with van der Waals surface area (Å²) >= 11 is 0. The van der Waals surface area contributed by atoms with Gasteiger partial charge in [-0.3, -0.25) is 9.47 Å². The highest BCUT2D eigenvalue weighted by atomic mass is 19.1. The van der Waals surface area contributed by atoms with E-state index in [-0.39, 0.29) is 17.5 Å². The molecule has 146 valence electrons. The molecule has 1 aromatic heterocycles. The third-order valence-corrected chi connectivity index (χ3v) is 6.78. The number of nitrogens with one attached hydrogen (secondary N) is 1. The number of nitrogens with zero attached hydrogens (tertiary/aromatic N) is 2. The Morgan fingerprint density at radius 1 is 1.00 bits per heavy atom. The van der Waals surface area contributed by atoms with E-state index in [1.807, 2.05) is 4.57 Å². The average molecular weight is 387 g/mol. The molecule has 6 rings (SSSR count). The first kappa shape index (κ1) is 17.0. The van der Waals surface area contributed by atoms with Crippen molar-refractivity contribution >= 4 is 21.8 Å². The van der Waals surface area contributed by atoms with Crippen LogP contribution in [0, 0.1) is 5.82 Å². The lowest BCUT2D eigenvalue weighted by Crippen LogP contribution is -2.39. The highest BCUT2D eigenvalue weighted by molar-refractivity contribution is 5.91. The van der Waals surface area contributed by atoms with Crippen molar-refractivity contribution in [3.05, 3.63) is 82.0 Å². The number of halogens is 1. The van der Waals surface area contributed by atoms with E-state index in [2.05, 4.69) is 46.3 Å². The molecular formula is C24H22FN3O. The summed E-state index contributed by atoms with van der Waals surface area (Å²) in [4.78, 5) is 17.9. The van der Waals surface area contributed by atoms with Crippen LogP contribution in [0.3, 0.4) is 0 Å². The molecule has 0 spiro atoms. The maximum atomic E-state index is 13.5. The Hall–Kier alpha value is -2.92. The predicted molar refractivity (Wildman–Crippen MR) is 113 cm³/mol. The number of hydrogen-bond donors (Lipinski definition) is 1. The predicted octanol–water partition coefficient (Wildman–Crippen LogP) is 4.56. The zero-order chi connectivity index (χ0) is 19.5. The van der Waals surface area contributed by atoms with Crippen molar-refractivity contribution < 1.29 is 4.39 Å². The highest BCUT2D eigenvalue weighted by Crippen LogP contribution is 2.41. The van der Waals surface area contributed by atoms with Gasteiger partial charge in [0.15, 0.2) is 0 Å². The molecule has 2 heterocycles. The quantitative estimate of drug-likeness (QED) is 0.548. The summed E-state index contributed by atoms with van der Waals surface area (Å²) in [6.45, 7) is 1.92. The molecule has 1 fully saturated rings. The van der Waals surface area contributed by atoms with Crippen LogP contribution in [0.1, 0.15) is 36.1 Å². The van der Waals surface area contributed by atoms with Crippen LogP contribution in [-0.4, -0.2) is 27.5 Å². The molecule has 0 radical (unpaired) electrons. The van der Waals surface area contributed by atoms with Crippen LogP contribution in [0.15, 0.2) is 59.4 Å². The van der Waals surface area contributed by atoms with E-state index in [1.165, 1.54) is 34.0 Å². The molecule has 1 unspecified atom stereocenters. The maximum absolute atomic E-state index is 13.5. The summed E-state index contributed by atoms with van der Waals surface area (Å²) in [5.74, 6) is -0.323. The number of hydrogen-bond acceptors (Lipinski definition) is 2. The summed E-state index contributed by atoms with van der Waals surface area (Å²) in [7, 11) is 0. The topological polar surface area (TPSA) is 41.0 Å². The van der Waals surface area contributed by atoms with Crippen molar-refractivity contribution in [2.45, 2.75) is 31.3 Å². The summed E-state index contributed by atoms with van der Waals surface area (Å²) < 4.78 is 15.3. The van der Waals surface area contributed by atoms with Gasteiger partial charge in [0, 0.05) is 25.2 Å². The Morgan fingerprint density at radius 2 is 1.79 bits per heavy atom. The zero-order valence-electron chi connectivity index (χ0n) is 16.1. The van der Waals surface area contributed by atoms with Gasteiger partial charge in [-0.2, -0.15) is 0 Å². The second-order valence-electron chi connectivity index (χ2n) is 8.31. The molecule has 4 aromatic rings. The van der Waals surface area contributed by atoms with E-state index in [0.29, 0.717) is 11.6 Å². The number of likely N-dealkylation sites (tertiary alicyclic amines) is 1. The Balaban J connectivity index is 1.27. The number of fused-ring (bicyclic) bond motifs is 1. The third-order valence-electron chi connectivity index (χ3n) is 6.78. The smallest absolute Gasteiger partial charge is 0.305 e. The minimum absolute atomic E-state index is 0.137. The van der Waals surface area contributed by atoms with Crippen LogP contribution in [-0.2, 0) is 6.42 Å². The summed E-state index contributed by atoms with van der Waals surface area (Å²) in [6, 6.07) is 18.4. The Bertz CT molecular complexity index is 1290. The number of rotatable bonds is 2. The number of aromatic amines is 1. The molecule has 29 heavy (non-hydrogen) atoms. The fourth-order valence-electron chi connectivity index (χ4n) is 5.46. The van der Waals surface area contributed by atoms with Crippen LogP contribution in [0.25, 0.3) is 21.8 Å². The Morgan fingerprint density at radius 3 is 2.62 bits per heavy atom. The summed E-state index contributed by atoms with van der Waals surface area (Å²) in [5.41, 5.74) is 4.13. The van der Waals surface area contributed by atoms with Gasteiger partial charge in [0.25, 0.3) is 0 Å². The first-order valence-electron chi connectivity index (χ1n) is 10.3. The molecule has 1 aliphatic carbocycles. The first-order chi connectivity index (χ1) is 14.2. The average Bonchev–Trinajstić information content (AvgIpc) is 3.27. The fraction of sp³-hybridized carbons (Fsp3) is 0.292. The minimum atomic E-state index is -0.323. The normalized spacial score (nSPS) is 20.1. The Kier molecular flexibility index (Phi) is 3.68. The number of H-pyrrole nitrogens is 1. The molecule has 0 saturated carbocycles. The number of benzene rings is 3. The third kappa shape index (κ3) is 2.57. The number of piperidine rings is 1. The van der Waals surface area contributed by atoms with E-state index in [9.17, 15) is 9.18 Å². The lowest BCUT2D eigenvalue weighted by Gasteiger charge is -2.36. The van der Waals surface area contributed by atoms with Gasteiger partial charge in [0.05, 0.1) is 11.0 Å². The summed E-state index contributed by atoms with van der Waals surface area (Å²) in [6.07, 6.45) is 2.91. The van der Waals surface area contributed by atoms with Gasteiger partial charge in [-0.15, -0.1) is 0 Å². The van der Waals surface area contributed by atoms with E-state index in [0.717, 1.165) is 37.9 Å². The number of aromatic nitrogens is 2. The molecule has 2 aliphatic rings. The van der Waals surface area contributed by atoms with Crippen molar-refractivity contribution in [3.8, 4) is 0 Å². The maximum Gasteiger partial charge on any atom is 0.326 e. The van der Waals surface area contributed by atoms with E-state index in [4.69, 9.17) is 0 Å². The van der Waals surface area contributed by atoms with Crippen LogP contribution in [0.4, 0.5) is 4.39 Å². The number of imidazole rings is 1. The van der Waals surface area contributed by atoms with Crippen LogP contribution in [0.5, 0.6) is 0 Å². The molecule has 4 nitrogen and oxygen atoms in total. The van der Waals surface area contributed by atoms with Gasteiger partial charge in [0.2, 0.25) is 0 Å². The monoisotopic (exact) mass is 387 g/mol. The van der Waals surface area contributed by atoms with E-state index >= 15 is 0 Å².